The Morgan fingerprint density at radius 2 is 1.83 bits per heavy atom. The van der Waals surface area contributed by atoms with Crippen LogP contribution in [-0.4, -0.2) is 37.7 Å². The van der Waals surface area contributed by atoms with E-state index in [4.69, 9.17) is 17.6 Å². The van der Waals surface area contributed by atoms with Crippen LogP contribution in [0.5, 0.6) is 0 Å². The van der Waals surface area contributed by atoms with Crippen LogP contribution in [0.25, 0.3) is 0 Å². The Morgan fingerprint density at radius 3 is 2.25 bits per heavy atom. The minimum absolute atomic E-state index is 0.486. The highest BCUT2D eigenvalue weighted by molar-refractivity contribution is 4.94. The molecule has 0 atom stereocenters. The predicted octanol–water partition coefficient (Wildman–Crippen LogP) is 0.405. The SMILES string of the molecule is C#CCN(CC#C)CCOC[CH2]. The molecular weight excluding hydrogens is 150 g/mol. The van der Waals surface area contributed by atoms with Gasteiger partial charge in [-0.1, -0.05) is 11.8 Å². The van der Waals surface area contributed by atoms with Gasteiger partial charge >= 0.3 is 0 Å². The first-order valence-corrected chi connectivity index (χ1v) is 3.81. The lowest BCUT2D eigenvalue weighted by atomic mass is 10.4. The molecule has 0 N–H and O–H groups in total. The second kappa shape index (κ2) is 8.14. The summed E-state index contributed by atoms with van der Waals surface area (Å²) < 4.78 is 5.07. The molecule has 0 unspecified atom stereocenters. The fourth-order valence-corrected chi connectivity index (χ4v) is 0.768. The van der Waals surface area contributed by atoms with Gasteiger partial charge in [-0.15, -0.1) is 12.8 Å². The molecule has 0 saturated carbocycles. The van der Waals surface area contributed by atoms with E-state index in [1.807, 2.05) is 4.90 Å². The van der Waals surface area contributed by atoms with Gasteiger partial charge in [0.25, 0.3) is 0 Å². The Kier molecular flexibility index (Phi) is 7.49. The highest BCUT2D eigenvalue weighted by Gasteiger charge is 1.99. The molecule has 65 valence electrons. The summed E-state index contributed by atoms with van der Waals surface area (Å²) in [6, 6.07) is 0. The lowest BCUT2D eigenvalue weighted by molar-refractivity contribution is 0.133. The average Bonchev–Trinajstić information content (AvgIpc) is 2.06. The van der Waals surface area contributed by atoms with Crippen molar-refractivity contribution in [2.45, 2.75) is 0 Å². The van der Waals surface area contributed by atoms with Crippen LogP contribution >= 0.6 is 0 Å². The van der Waals surface area contributed by atoms with Crippen LogP contribution in [0.3, 0.4) is 0 Å². The standard InChI is InChI=1S/C10H14NO/c1-4-7-11(8-5-2)9-10-12-6-3/h1-2H,3,6-10H2. The van der Waals surface area contributed by atoms with Crippen LogP contribution in [0.15, 0.2) is 0 Å². The summed E-state index contributed by atoms with van der Waals surface area (Å²) in [7, 11) is 0. The van der Waals surface area contributed by atoms with Crippen LogP contribution in [0.2, 0.25) is 0 Å². The first-order valence-electron chi connectivity index (χ1n) is 3.81. The molecule has 0 aliphatic heterocycles. The maximum atomic E-state index is 5.15. The molecule has 0 saturated heterocycles. The van der Waals surface area contributed by atoms with Crippen LogP contribution in [0.4, 0.5) is 0 Å². The van der Waals surface area contributed by atoms with Gasteiger partial charge in [0, 0.05) is 13.2 Å². The molecule has 0 bridgehead atoms. The Balaban J connectivity index is 3.51. The minimum Gasteiger partial charge on any atom is -0.380 e. The Hall–Kier alpha value is -0.960. The molecule has 0 amide bonds. The van der Waals surface area contributed by atoms with Crippen molar-refractivity contribution in [3.8, 4) is 24.7 Å². The molecular formula is C10H14NO. The zero-order valence-electron chi connectivity index (χ0n) is 7.25. The van der Waals surface area contributed by atoms with Crippen LogP contribution in [0.1, 0.15) is 0 Å². The summed E-state index contributed by atoms with van der Waals surface area (Å²) in [5, 5.41) is 0. The highest BCUT2D eigenvalue weighted by atomic mass is 16.5. The lowest BCUT2D eigenvalue weighted by Gasteiger charge is -2.15. The molecule has 0 aromatic rings. The van der Waals surface area contributed by atoms with Crippen molar-refractivity contribution in [2.24, 2.45) is 0 Å². The number of ether oxygens (including phenoxy) is 1. The molecule has 1 radical (unpaired) electrons. The Morgan fingerprint density at radius 1 is 1.25 bits per heavy atom. The highest BCUT2D eigenvalue weighted by Crippen LogP contribution is 1.86. The first-order chi connectivity index (χ1) is 5.85. The Labute approximate surface area is 74.9 Å². The van der Waals surface area contributed by atoms with Crippen LogP contribution < -0.4 is 0 Å². The molecule has 0 spiro atoms. The lowest BCUT2D eigenvalue weighted by Crippen LogP contribution is -2.28. The quantitative estimate of drug-likeness (QED) is 0.416. The molecule has 0 aliphatic carbocycles. The molecule has 12 heavy (non-hydrogen) atoms. The molecule has 0 heterocycles. The fraction of sp³-hybridized carbons (Fsp3) is 0.500. The molecule has 0 aromatic heterocycles. The predicted molar refractivity (Wildman–Crippen MR) is 50.3 cm³/mol. The van der Waals surface area contributed by atoms with E-state index in [-0.39, 0.29) is 0 Å². The van der Waals surface area contributed by atoms with E-state index in [1.54, 1.807) is 0 Å². The van der Waals surface area contributed by atoms with Crippen molar-refractivity contribution in [3.05, 3.63) is 6.92 Å². The zero-order chi connectivity index (χ0) is 9.23. The van der Waals surface area contributed by atoms with Crippen molar-refractivity contribution in [3.63, 3.8) is 0 Å². The summed E-state index contributed by atoms with van der Waals surface area (Å²) in [4.78, 5) is 1.97. The number of rotatable bonds is 6. The smallest absolute Gasteiger partial charge is 0.0608 e. The number of hydrogen-bond acceptors (Lipinski definition) is 2. The van der Waals surface area contributed by atoms with E-state index in [2.05, 4.69) is 18.8 Å². The van der Waals surface area contributed by atoms with Gasteiger partial charge in [0.1, 0.15) is 0 Å². The summed E-state index contributed by atoms with van der Waals surface area (Å²) in [5.74, 6) is 5.08. The summed E-state index contributed by atoms with van der Waals surface area (Å²) >= 11 is 0. The van der Waals surface area contributed by atoms with Gasteiger partial charge in [-0.25, -0.2) is 0 Å². The largest absolute Gasteiger partial charge is 0.380 e. The van der Waals surface area contributed by atoms with Crippen molar-refractivity contribution in [1.29, 1.82) is 0 Å². The number of hydrogen-bond donors (Lipinski definition) is 0. The summed E-state index contributed by atoms with van der Waals surface area (Å²) in [6.45, 7) is 6.59. The number of nitrogens with zero attached hydrogens (tertiary/aromatic N) is 1. The molecule has 0 aliphatic rings. The van der Waals surface area contributed by atoms with Gasteiger partial charge in [0.15, 0.2) is 0 Å². The van der Waals surface area contributed by atoms with Crippen molar-refractivity contribution in [2.75, 3.05) is 32.8 Å². The molecule has 0 rings (SSSR count). The molecule has 0 aromatic carbocycles. The van der Waals surface area contributed by atoms with Gasteiger partial charge in [0.2, 0.25) is 0 Å². The van der Waals surface area contributed by atoms with Crippen molar-refractivity contribution in [1.82, 2.24) is 4.90 Å². The zero-order valence-corrected chi connectivity index (χ0v) is 7.25. The monoisotopic (exact) mass is 164 g/mol. The minimum atomic E-state index is 0.486. The van der Waals surface area contributed by atoms with Gasteiger partial charge in [-0.2, -0.15) is 0 Å². The maximum Gasteiger partial charge on any atom is 0.0608 e. The number of terminal acetylenes is 2. The molecule has 2 heteroatoms. The van der Waals surface area contributed by atoms with E-state index in [0.717, 1.165) is 6.54 Å². The van der Waals surface area contributed by atoms with E-state index >= 15 is 0 Å². The topological polar surface area (TPSA) is 12.5 Å². The van der Waals surface area contributed by atoms with E-state index in [9.17, 15) is 0 Å². The third-order valence-corrected chi connectivity index (χ3v) is 1.33. The Bertz CT molecular complexity index is 159. The molecule has 2 nitrogen and oxygen atoms in total. The van der Waals surface area contributed by atoms with E-state index < -0.39 is 0 Å². The van der Waals surface area contributed by atoms with Gasteiger partial charge in [-0.05, 0) is 6.92 Å². The maximum absolute atomic E-state index is 5.15. The van der Waals surface area contributed by atoms with E-state index in [1.165, 1.54) is 0 Å². The van der Waals surface area contributed by atoms with Gasteiger partial charge in [0.05, 0.1) is 19.7 Å². The van der Waals surface area contributed by atoms with Gasteiger partial charge < -0.3 is 4.74 Å². The second-order valence-electron chi connectivity index (χ2n) is 2.23. The van der Waals surface area contributed by atoms with Crippen LogP contribution in [-0.2, 0) is 4.74 Å². The normalized spacial score (nSPS) is 9.33. The van der Waals surface area contributed by atoms with Crippen molar-refractivity contribution < 1.29 is 4.74 Å². The summed E-state index contributed by atoms with van der Waals surface area (Å²) in [6.07, 6.45) is 10.3. The fourth-order valence-electron chi connectivity index (χ4n) is 0.768. The summed E-state index contributed by atoms with van der Waals surface area (Å²) in [5.41, 5.74) is 0. The first kappa shape index (κ1) is 11.0. The second-order valence-corrected chi connectivity index (χ2v) is 2.23. The average molecular weight is 164 g/mol. The third-order valence-electron chi connectivity index (χ3n) is 1.33. The van der Waals surface area contributed by atoms with E-state index in [0.29, 0.717) is 26.3 Å². The van der Waals surface area contributed by atoms with Gasteiger partial charge in [-0.3, -0.25) is 4.90 Å². The van der Waals surface area contributed by atoms with Crippen molar-refractivity contribution >= 4 is 0 Å². The third kappa shape index (κ3) is 5.80. The van der Waals surface area contributed by atoms with Crippen LogP contribution in [0, 0.1) is 31.6 Å². The molecule has 0 fully saturated rings.